The zero-order valence-electron chi connectivity index (χ0n) is 11.4. The quantitative estimate of drug-likeness (QED) is 0.802. The zero-order chi connectivity index (χ0) is 12.7. The second-order valence-electron chi connectivity index (χ2n) is 5.21. The number of carbonyl (C=O) groups is 1. The fraction of sp³-hybridized carbons (Fsp3) is 0.923. The Bertz CT molecular complexity index is 223. The Morgan fingerprint density at radius 3 is 2.59 bits per heavy atom. The molecule has 0 aromatic carbocycles. The minimum absolute atomic E-state index is 0.138. The zero-order valence-corrected chi connectivity index (χ0v) is 11.4. The Balaban J connectivity index is 2.19. The lowest BCUT2D eigenvalue weighted by atomic mass is 9.97. The maximum Gasteiger partial charge on any atom is 0.409 e. The van der Waals surface area contributed by atoms with Crippen molar-refractivity contribution in [2.45, 2.75) is 33.6 Å². The van der Waals surface area contributed by atoms with Crippen LogP contribution in [0, 0.1) is 11.8 Å². The molecule has 1 aliphatic heterocycles. The highest BCUT2D eigenvalue weighted by molar-refractivity contribution is 5.67. The predicted octanol–water partition coefficient (Wildman–Crippen LogP) is 2.10. The van der Waals surface area contributed by atoms with E-state index >= 15 is 0 Å². The summed E-state index contributed by atoms with van der Waals surface area (Å²) in [5.41, 5.74) is 0. The number of carbonyl (C=O) groups excluding carboxylic acids is 1. The van der Waals surface area contributed by atoms with Crippen molar-refractivity contribution in [2.24, 2.45) is 11.8 Å². The Kier molecular flexibility index (Phi) is 6.34. The van der Waals surface area contributed by atoms with Gasteiger partial charge in [0.25, 0.3) is 0 Å². The van der Waals surface area contributed by atoms with Crippen LogP contribution in [-0.2, 0) is 4.74 Å². The summed E-state index contributed by atoms with van der Waals surface area (Å²) in [6, 6.07) is 0. The summed E-state index contributed by atoms with van der Waals surface area (Å²) >= 11 is 0. The van der Waals surface area contributed by atoms with E-state index in [0.717, 1.165) is 39.0 Å². The largest absolute Gasteiger partial charge is 0.449 e. The van der Waals surface area contributed by atoms with E-state index in [1.165, 1.54) is 0 Å². The number of piperidine rings is 1. The van der Waals surface area contributed by atoms with Gasteiger partial charge in [0, 0.05) is 13.1 Å². The molecule has 0 unspecified atom stereocenters. The monoisotopic (exact) mass is 242 g/mol. The lowest BCUT2D eigenvalue weighted by molar-refractivity contribution is 0.0790. The van der Waals surface area contributed by atoms with Gasteiger partial charge in [-0.3, -0.25) is 0 Å². The average Bonchev–Trinajstić information content (AvgIpc) is 2.34. The Morgan fingerprint density at radius 2 is 2.06 bits per heavy atom. The van der Waals surface area contributed by atoms with Crippen LogP contribution in [0.15, 0.2) is 0 Å². The average molecular weight is 242 g/mol. The van der Waals surface area contributed by atoms with Gasteiger partial charge in [-0.2, -0.15) is 0 Å². The molecule has 1 N–H and O–H groups in total. The molecule has 1 rings (SSSR count). The van der Waals surface area contributed by atoms with E-state index in [4.69, 9.17) is 4.74 Å². The van der Waals surface area contributed by atoms with Gasteiger partial charge in [0.1, 0.15) is 0 Å². The van der Waals surface area contributed by atoms with Crippen LogP contribution in [0.1, 0.15) is 33.6 Å². The van der Waals surface area contributed by atoms with E-state index in [0.29, 0.717) is 18.4 Å². The molecule has 4 nitrogen and oxygen atoms in total. The molecule has 0 bridgehead atoms. The molecule has 0 spiro atoms. The highest BCUT2D eigenvalue weighted by Gasteiger charge is 2.23. The van der Waals surface area contributed by atoms with Gasteiger partial charge in [0.15, 0.2) is 0 Å². The number of hydrogen-bond donors (Lipinski definition) is 1. The molecular formula is C13H26N2O2. The molecule has 100 valence electrons. The Morgan fingerprint density at radius 1 is 1.41 bits per heavy atom. The molecule has 0 aromatic heterocycles. The van der Waals surface area contributed by atoms with Gasteiger partial charge < -0.3 is 15.0 Å². The highest BCUT2D eigenvalue weighted by atomic mass is 16.6. The maximum atomic E-state index is 11.7. The van der Waals surface area contributed by atoms with Gasteiger partial charge in [-0.15, -0.1) is 0 Å². The topological polar surface area (TPSA) is 41.6 Å². The number of hydrogen-bond acceptors (Lipinski definition) is 3. The van der Waals surface area contributed by atoms with Crippen molar-refractivity contribution >= 4 is 6.09 Å². The van der Waals surface area contributed by atoms with Crippen molar-refractivity contribution in [1.82, 2.24) is 10.2 Å². The molecule has 0 saturated carbocycles. The van der Waals surface area contributed by atoms with E-state index < -0.39 is 0 Å². The summed E-state index contributed by atoms with van der Waals surface area (Å²) in [6.45, 7) is 10.5. The van der Waals surface area contributed by atoms with Gasteiger partial charge in [-0.1, -0.05) is 20.8 Å². The predicted molar refractivity (Wildman–Crippen MR) is 69.0 cm³/mol. The van der Waals surface area contributed by atoms with Gasteiger partial charge in [-0.05, 0) is 37.8 Å². The van der Waals surface area contributed by atoms with Gasteiger partial charge in [0.2, 0.25) is 0 Å². The first kappa shape index (κ1) is 14.3. The van der Waals surface area contributed by atoms with E-state index in [2.05, 4.69) is 26.1 Å². The molecule has 0 aromatic rings. The van der Waals surface area contributed by atoms with Crippen LogP contribution in [0.3, 0.4) is 0 Å². The third kappa shape index (κ3) is 5.39. The normalized spacial score (nSPS) is 17.5. The molecule has 1 heterocycles. The molecule has 17 heavy (non-hydrogen) atoms. The number of ether oxygens (including phenoxy) is 1. The number of rotatable bonds is 5. The molecular weight excluding hydrogens is 216 g/mol. The number of amides is 1. The van der Waals surface area contributed by atoms with E-state index in [1.807, 2.05) is 4.90 Å². The smallest absolute Gasteiger partial charge is 0.409 e. The second kappa shape index (κ2) is 7.54. The summed E-state index contributed by atoms with van der Waals surface area (Å²) in [5, 5.41) is 3.37. The fourth-order valence-corrected chi connectivity index (χ4v) is 2.00. The maximum absolute atomic E-state index is 11.7. The molecule has 1 amide bonds. The van der Waals surface area contributed by atoms with Crippen molar-refractivity contribution in [3.05, 3.63) is 0 Å². The lowest BCUT2D eigenvalue weighted by Crippen LogP contribution is -2.41. The number of nitrogens with zero attached hydrogens (tertiary/aromatic N) is 1. The number of likely N-dealkylation sites (tertiary alicyclic amines) is 1. The van der Waals surface area contributed by atoms with Gasteiger partial charge in [-0.25, -0.2) is 4.79 Å². The second-order valence-corrected chi connectivity index (χ2v) is 5.21. The summed E-state index contributed by atoms with van der Waals surface area (Å²) in [5.74, 6) is 1.12. The number of nitrogens with one attached hydrogen (secondary N) is 1. The lowest BCUT2D eigenvalue weighted by Gasteiger charge is -2.31. The van der Waals surface area contributed by atoms with E-state index in [1.54, 1.807) is 0 Å². The van der Waals surface area contributed by atoms with Crippen LogP contribution in [0.25, 0.3) is 0 Å². The first-order valence-corrected chi connectivity index (χ1v) is 6.75. The molecule has 1 aliphatic rings. The molecule has 0 atom stereocenters. The Labute approximate surface area is 105 Å². The minimum atomic E-state index is -0.138. The van der Waals surface area contributed by atoms with E-state index in [9.17, 15) is 4.79 Å². The highest BCUT2D eigenvalue weighted by Crippen LogP contribution is 2.17. The molecule has 1 fully saturated rings. The molecule has 4 heteroatoms. The standard InChI is InChI=1S/C13H26N2O2/c1-4-14-9-12-5-7-15(8-6-12)13(16)17-10-11(2)3/h11-12,14H,4-10H2,1-3H3. The summed E-state index contributed by atoms with van der Waals surface area (Å²) < 4.78 is 5.23. The van der Waals surface area contributed by atoms with Crippen molar-refractivity contribution in [2.75, 3.05) is 32.8 Å². The SMILES string of the molecule is CCNCC1CCN(C(=O)OCC(C)C)CC1. The van der Waals surface area contributed by atoms with Crippen LogP contribution >= 0.6 is 0 Å². The van der Waals surface area contributed by atoms with Gasteiger partial charge in [0.05, 0.1) is 6.61 Å². The summed E-state index contributed by atoms with van der Waals surface area (Å²) in [7, 11) is 0. The van der Waals surface area contributed by atoms with Crippen molar-refractivity contribution in [3.8, 4) is 0 Å². The molecule has 0 aliphatic carbocycles. The van der Waals surface area contributed by atoms with Crippen molar-refractivity contribution in [1.29, 1.82) is 0 Å². The van der Waals surface area contributed by atoms with Crippen molar-refractivity contribution in [3.63, 3.8) is 0 Å². The van der Waals surface area contributed by atoms with Crippen molar-refractivity contribution < 1.29 is 9.53 Å². The third-order valence-electron chi connectivity index (χ3n) is 3.10. The first-order valence-electron chi connectivity index (χ1n) is 6.75. The first-order chi connectivity index (χ1) is 8.13. The van der Waals surface area contributed by atoms with Crippen LogP contribution in [0.4, 0.5) is 4.79 Å². The van der Waals surface area contributed by atoms with Crippen LogP contribution in [0.2, 0.25) is 0 Å². The summed E-state index contributed by atoms with van der Waals surface area (Å²) in [6.07, 6.45) is 2.04. The third-order valence-corrected chi connectivity index (χ3v) is 3.10. The fourth-order valence-electron chi connectivity index (χ4n) is 2.00. The molecule has 1 saturated heterocycles. The van der Waals surface area contributed by atoms with Gasteiger partial charge >= 0.3 is 6.09 Å². The van der Waals surface area contributed by atoms with Crippen LogP contribution < -0.4 is 5.32 Å². The summed E-state index contributed by atoms with van der Waals surface area (Å²) in [4.78, 5) is 13.5. The minimum Gasteiger partial charge on any atom is -0.449 e. The van der Waals surface area contributed by atoms with Crippen LogP contribution in [-0.4, -0.2) is 43.8 Å². The van der Waals surface area contributed by atoms with Crippen LogP contribution in [0.5, 0.6) is 0 Å². The van der Waals surface area contributed by atoms with E-state index in [-0.39, 0.29) is 6.09 Å². The Hall–Kier alpha value is -0.770. The molecule has 0 radical (unpaired) electrons.